The van der Waals surface area contributed by atoms with E-state index in [0.29, 0.717) is 11.5 Å². The number of thiazole rings is 1. The Morgan fingerprint density at radius 1 is 1.25 bits per heavy atom. The van der Waals surface area contributed by atoms with Crippen LogP contribution < -0.4 is 10.2 Å². The van der Waals surface area contributed by atoms with Gasteiger partial charge in [0.2, 0.25) is 0 Å². The molecule has 2 heterocycles. The molecule has 3 unspecified atom stereocenters. The van der Waals surface area contributed by atoms with Crippen LogP contribution in [0.1, 0.15) is 50.7 Å². The zero-order chi connectivity index (χ0) is 14.5. The highest BCUT2D eigenvalue weighted by Gasteiger charge is 2.36. The Hall–Kier alpha value is -0.610. The summed E-state index contributed by atoms with van der Waals surface area (Å²) in [4.78, 5) is 8.98. The van der Waals surface area contributed by atoms with Crippen molar-refractivity contribution in [3.05, 3.63) is 10.6 Å². The van der Waals surface area contributed by atoms with Gasteiger partial charge in [-0.15, -0.1) is 0 Å². The molecule has 1 aliphatic heterocycles. The van der Waals surface area contributed by atoms with E-state index in [-0.39, 0.29) is 0 Å². The van der Waals surface area contributed by atoms with E-state index in [1.54, 1.807) is 0 Å². The maximum absolute atomic E-state index is 5.00. The van der Waals surface area contributed by atoms with Gasteiger partial charge in [-0.3, -0.25) is 0 Å². The van der Waals surface area contributed by atoms with Crippen LogP contribution in [0.3, 0.4) is 0 Å². The topological polar surface area (TPSA) is 28.2 Å². The molecule has 1 aromatic heterocycles. The number of nitrogens with zero attached hydrogens (tertiary/aromatic N) is 2. The maximum atomic E-state index is 5.00. The van der Waals surface area contributed by atoms with Crippen molar-refractivity contribution < 1.29 is 0 Å². The van der Waals surface area contributed by atoms with Gasteiger partial charge in [0.25, 0.3) is 0 Å². The quantitative estimate of drug-likeness (QED) is 0.905. The highest BCUT2D eigenvalue weighted by molar-refractivity contribution is 7.15. The predicted molar refractivity (Wildman–Crippen MR) is 86.6 cm³/mol. The molecule has 4 heteroatoms. The molecular weight excluding hydrogens is 266 g/mol. The Labute approximate surface area is 126 Å². The Morgan fingerprint density at radius 3 is 2.50 bits per heavy atom. The van der Waals surface area contributed by atoms with Gasteiger partial charge >= 0.3 is 0 Å². The minimum atomic E-state index is 0.359. The van der Waals surface area contributed by atoms with Gasteiger partial charge in [0.05, 0.1) is 5.69 Å². The van der Waals surface area contributed by atoms with Crippen LogP contribution in [0.25, 0.3) is 0 Å². The van der Waals surface area contributed by atoms with Gasteiger partial charge in [0.15, 0.2) is 5.13 Å². The first kappa shape index (κ1) is 14.3. The van der Waals surface area contributed by atoms with Crippen molar-refractivity contribution in [2.24, 2.45) is 17.3 Å². The summed E-state index contributed by atoms with van der Waals surface area (Å²) in [5.74, 6) is 1.57. The fourth-order valence-electron chi connectivity index (χ4n) is 3.57. The van der Waals surface area contributed by atoms with Crippen molar-refractivity contribution in [1.29, 1.82) is 0 Å². The van der Waals surface area contributed by atoms with Crippen LogP contribution in [-0.4, -0.2) is 25.1 Å². The summed E-state index contributed by atoms with van der Waals surface area (Å²) in [6, 6.07) is 0.484. The average Bonchev–Trinajstić information content (AvgIpc) is 2.91. The molecule has 1 aromatic rings. The second-order valence-corrected chi connectivity index (χ2v) is 8.56. The van der Waals surface area contributed by atoms with Gasteiger partial charge in [-0.25, -0.2) is 4.98 Å². The van der Waals surface area contributed by atoms with Gasteiger partial charge in [-0.2, -0.15) is 0 Å². The Morgan fingerprint density at radius 2 is 1.90 bits per heavy atom. The summed E-state index contributed by atoms with van der Waals surface area (Å²) in [6.45, 7) is 11.8. The van der Waals surface area contributed by atoms with E-state index in [0.717, 1.165) is 18.3 Å². The lowest BCUT2D eigenvalue weighted by molar-refractivity contribution is 0.265. The van der Waals surface area contributed by atoms with Crippen LogP contribution in [0, 0.1) is 17.3 Å². The lowest BCUT2D eigenvalue weighted by atomic mass is 9.76. The molecule has 0 aromatic carbocycles. The zero-order valence-electron chi connectivity index (χ0n) is 13.4. The number of nitrogens with one attached hydrogen (secondary N) is 1. The molecule has 112 valence electrons. The van der Waals surface area contributed by atoms with E-state index in [9.17, 15) is 0 Å². The zero-order valence-corrected chi connectivity index (χ0v) is 14.2. The third kappa shape index (κ3) is 2.48. The molecule has 3 nitrogen and oxygen atoms in total. The molecule has 1 N–H and O–H groups in total. The largest absolute Gasteiger partial charge is 0.348 e. The van der Waals surface area contributed by atoms with Gasteiger partial charge < -0.3 is 10.2 Å². The normalized spacial score (nSPS) is 32.5. The first-order valence-electron chi connectivity index (χ1n) is 7.81. The summed E-state index contributed by atoms with van der Waals surface area (Å²) in [7, 11) is 2.08. The lowest BCUT2D eigenvalue weighted by Gasteiger charge is -2.34. The first-order valence-corrected chi connectivity index (χ1v) is 8.63. The number of hydrogen-bond donors (Lipinski definition) is 1. The van der Waals surface area contributed by atoms with Gasteiger partial charge in [-0.05, 0) is 37.1 Å². The Kier molecular flexibility index (Phi) is 3.57. The van der Waals surface area contributed by atoms with Crippen LogP contribution >= 0.6 is 11.3 Å². The highest BCUT2D eigenvalue weighted by Crippen LogP contribution is 2.45. The fraction of sp³-hybridized carbons (Fsp3) is 0.812. The van der Waals surface area contributed by atoms with Crippen molar-refractivity contribution in [2.75, 3.05) is 25.0 Å². The van der Waals surface area contributed by atoms with Crippen LogP contribution in [0.15, 0.2) is 0 Å². The molecule has 0 bridgehead atoms. The van der Waals surface area contributed by atoms with Crippen molar-refractivity contribution in [3.8, 4) is 0 Å². The van der Waals surface area contributed by atoms with Gasteiger partial charge in [-0.1, -0.05) is 39.0 Å². The molecule has 0 saturated carbocycles. The number of hydrogen-bond acceptors (Lipinski definition) is 4. The van der Waals surface area contributed by atoms with Crippen molar-refractivity contribution in [1.82, 2.24) is 10.3 Å². The smallest absolute Gasteiger partial charge is 0.185 e. The predicted octanol–water partition coefficient (Wildman–Crippen LogP) is 3.47. The van der Waals surface area contributed by atoms with E-state index >= 15 is 0 Å². The van der Waals surface area contributed by atoms with Crippen LogP contribution in [0.2, 0.25) is 0 Å². The molecular formula is C16H27N3S. The summed E-state index contributed by atoms with van der Waals surface area (Å²) < 4.78 is 0. The third-order valence-corrected chi connectivity index (χ3v) is 6.31. The summed E-state index contributed by atoms with van der Waals surface area (Å²) in [6.07, 6.45) is 2.33. The molecule has 3 rings (SSSR count). The minimum absolute atomic E-state index is 0.359. The SMILES string of the molecule is CNC1CC(C)(C)Cc2nc(N3CC(C)C(C)C3)sc21. The Balaban J connectivity index is 1.89. The van der Waals surface area contributed by atoms with Crippen LogP contribution in [0.4, 0.5) is 5.13 Å². The van der Waals surface area contributed by atoms with E-state index < -0.39 is 0 Å². The second kappa shape index (κ2) is 4.99. The first-order chi connectivity index (χ1) is 9.39. The highest BCUT2D eigenvalue weighted by atomic mass is 32.1. The molecule has 1 saturated heterocycles. The number of aromatic nitrogens is 1. The number of anilines is 1. The molecule has 20 heavy (non-hydrogen) atoms. The van der Waals surface area contributed by atoms with Crippen molar-refractivity contribution in [2.45, 2.75) is 46.6 Å². The van der Waals surface area contributed by atoms with E-state index in [4.69, 9.17) is 4.98 Å². The van der Waals surface area contributed by atoms with Crippen LogP contribution in [0.5, 0.6) is 0 Å². The summed E-state index contributed by atoms with van der Waals surface area (Å²) >= 11 is 1.92. The molecule has 3 atom stereocenters. The third-order valence-electron chi connectivity index (χ3n) is 5.04. The van der Waals surface area contributed by atoms with E-state index in [1.165, 1.54) is 35.2 Å². The van der Waals surface area contributed by atoms with Crippen molar-refractivity contribution >= 4 is 16.5 Å². The summed E-state index contributed by atoms with van der Waals surface area (Å²) in [5.41, 5.74) is 1.70. The van der Waals surface area contributed by atoms with Crippen LogP contribution in [-0.2, 0) is 6.42 Å². The maximum Gasteiger partial charge on any atom is 0.185 e. The lowest BCUT2D eigenvalue weighted by Crippen LogP contribution is -2.30. The molecule has 0 amide bonds. The molecule has 1 aliphatic carbocycles. The standard InChI is InChI=1S/C16H27N3S/c1-10-8-19(9-11(10)2)15-18-13-7-16(3,4)6-12(17-5)14(13)20-15/h10-12,17H,6-9H2,1-5H3. The van der Waals surface area contributed by atoms with Gasteiger partial charge in [0, 0.05) is 24.0 Å². The Bertz CT molecular complexity index is 484. The molecule has 0 spiro atoms. The minimum Gasteiger partial charge on any atom is -0.348 e. The monoisotopic (exact) mass is 293 g/mol. The van der Waals surface area contributed by atoms with Crippen molar-refractivity contribution in [3.63, 3.8) is 0 Å². The number of fused-ring (bicyclic) bond motifs is 1. The molecule has 1 fully saturated rings. The average molecular weight is 293 g/mol. The van der Waals surface area contributed by atoms with E-state index in [2.05, 4.69) is 45.0 Å². The molecule has 0 radical (unpaired) electrons. The second-order valence-electron chi connectivity index (χ2n) is 7.55. The van der Waals surface area contributed by atoms with Gasteiger partial charge in [0.1, 0.15) is 0 Å². The summed E-state index contributed by atoms with van der Waals surface area (Å²) in [5, 5.41) is 4.74. The van der Waals surface area contributed by atoms with E-state index in [1.807, 2.05) is 11.3 Å². The number of rotatable bonds is 2. The fourth-order valence-corrected chi connectivity index (χ4v) is 4.78. The molecule has 2 aliphatic rings.